The Morgan fingerprint density at radius 1 is 1.17 bits per heavy atom. The van der Waals surface area contributed by atoms with E-state index in [1.165, 1.54) is 19.3 Å². The molecule has 3 rings (SSSR count). The molecule has 0 atom stereocenters. The maximum Gasteiger partial charge on any atom is 0.143 e. The number of hydrogen-bond donors (Lipinski definition) is 1. The summed E-state index contributed by atoms with van der Waals surface area (Å²) in [6.07, 6.45) is 5.54. The van der Waals surface area contributed by atoms with Crippen molar-refractivity contribution in [3.63, 3.8) is 0 Å². The summed E-state index contributed by atoms with van der Waals surface area (Å²) in [5.41, 5.74) is 0. The molecule has 0 saturated carbocycles. The summed E-state index contributed by atoms with van der Waals surface area (Å²) in [5, 5.41) is 17.6. The normalized spacial score (nSPS) is 16.8. The van der Waals surface area contributed by atoms with E-state index < -0.39 is 0 Å². The highest BCUT2D eigenvalue weighted by Gasteiger charge is 2.10. The van der Waals surface area contributed by atoms with E-state index in [-0.39, 0.29) is 0 Å². The van der Waals surface area contributed by atoms with Crippen LogP contribution in [0.5, 0.6) is 5.75 Å². The molecular formula is C14H16N2OS. The lowest BCUT2D eigenvalue weighted by atomic mass is 10.2. The molecule has 1 aliphatic rings. The predicted octanol–water partition coefficient (Wildman–Crippen LogP) is 3.43. The number of aromatic hydroxyl groups is 1. The van der Waals surface area contributed by atoms with Gasteiger partial charge in [-0.05, 0) is 31.4 Å². The van der Waals surface area contributed by atoms with Gasteiger partial charge in [-0.1, -0.05) is 12.1 Å². The van der Waals surface area contributed by atoms with E-state index in [2.05, 4.69) is 10.1 Å². The van der Waals surface area contributed by atoms with Gasteiger partial charge in [0.15, 0.2) is 0 Å². The third-order valence-electron chi connectivity index (χ3n) is 3.27. The van der Waals surface area contributed by atoms with Gasteiger partial charge in [0.05, 0.1) is 11.1 Å². The summed E-state index contributed by atoms with van der Waals surface area (Å²) in [4.78, 5) is 0.849. The fourth-order valence-electron chi connectivity index (χ4n) is 2.27. The summed E-state index contributed by atoms with van der Waals surface area (Å²) >= 11 is 1.59. The van der Waals surface area contributed by atoms with Crippen molar-refractivity contribution in [2.45, 2.75) is 19.3 Å². The first kappa shape index (κ1) is 11.5. The minimum absolute atomic E-state index is 0.358. The van der Waals surface area contributed by atoms with Gasteiger partial charge in [0.2, 0.25) is 0 Å². The van der Waals surface area contributed by atoms with Gasteiger partial charge in [0, 0.05) is 23.2 Å². The Morgan fingerprint density at radius 3 is 2.72 bits per heavy atom. The van der Waals surface area contributed by atoms with Crippen molar-refractivity contribution in [2.75, 3.05) is 13.1 Å². The van der Waals surface area contributed by atoms with Crippen LogP contribution in [0.15, 0.2) is 29.4 Å². The summed E-state index contributed by atoms with van der Waals surface area (Å²) in [7, 11) is 0. The summed E-state index contributed by atoms with van der Waals surface area (Å²) in [6.45, 7) is 2.06. The first-order chi connectivity index (χ1) is 8.84. The van der Waals surface area contributed by atoms with Crippen LogP contribution in [0, 0.1) is 0 Å². The molecule has 1 fully saturated rings. The Hall–Kier alpha value is -1.55. The molecule has 18 heavy (non-hydrogen) atoms. The van der Waals surface area contributed by atoms with E-state index in [1.807, 2.05) is 24.3 Å². The van der Waals surface area contributed by atoms with Gasteiger partial charge in [-0.2, -0.15) is 5.10 Å². The second-order valence-corrected chi connectivity index (χ2v) is 5.65. The Bertz CT molecular complexity index is 570. The smallest absolute Gasteiger partial charge is 0.143 e. The van der Waals surface area contributed by atoms with E-state index >= 15 is 0 Å². The number of rotatable bonds is 2. The fourth-order valence-corrected chi connectivity index (χ4v) is 3.23. The highest BCUT2D eigenvalue weighted by atomic mass is 32.1. The van der Waals surface area contributed by atoms with Crippen LogP contribution < -0.4 is 0 Å². The van der Waals surface area contributed by atoms with Crippen molar-refractivity contribution in [3.05, 3.63) is 29.1 Å². The molecule has 3 nitrogen and oxygen atoms in total. The molecule has 0 unspecified atom stereocenters. The second kappa shape index (κ2) is 4.98. The topological polar surface area (TPSA) is 35.8 Å². The summed E-state index contributed by atoms with van der Waals surface area (Å²) < 4.78 is 1.11. The quantitative estimate of drug-likeness (QED) is 0.840. The van der Waals surface area contributed by atoms with Crippen LogP contribution >= 0.6 is 11.3 Å². The minimum atomic E-state index is 0.358. The van der Waals surface area contributed by atoms with Crippen molar-refractivity contribution in [1.29, 1.82) is 0 Å². The van der Waals surface area contributed by atoms with Crippen LogP contribution in [0.2, 0.25) is 0 Å². The van der Waals surface area contributed by atoms with Crippen molar-refractivity contribution in [2.24, 2.45) is 5.10 Å². The highest BCUT2D eigenvalue weighted by Crippen LogP contribution is 2.35. The Kier molecular flexibility index (Phi) is 3.19. The van der Waals surface area contributed by atoms with Crippen molar-refractivity contribution < 1.29 is 5.11 Å². The molecule has 2 heterocycles. The highest BCUT2D eigenvalue weighted by molar-refractivity contribution is 7.21. The molecule has 1 aromatic heterocycles. The van der Waals surface area contributed by atoms with Gasteiger partial charge in [0.1, 0.15) is 5.75 Å². The zero-order valence-corrected chi connectivity index (χ0v) is 11.0. The minimum Gasteiger partial charge on any atom is -0.506 e. The molecule has 1 aliphatic heterocycles. The molecule has 2 aromatic rings. The van der Waals surface area contributed by atoms with Crippen LogP contribution in [0.1, 0.15) is 24.1 Å². The van der Waals surface area contributed by atoms with Gasteiger partial charge in [-0.15, -0.1) is 11.3 Å². The third-order valence-corrected chi connectivity index (χ3v) is 4.36. The number of hydrazone groups is 1. The first-order valence-corrected chi connectivity index (χ1v) is 7.16. The molecule has 94 valence electrons. The predicted molar refractivity (Wildman–Crippen MR) is 76.5 cm³/mol. The van der Waals surface area contributed by atoms with Gasteiger partial charge in [-0.25, -0.2) is 0 Å². The van der Waals surface area contributed by atoms with Gasteiger partial charge >= 0.3 is 0 Å². The lowest BCUT2D eigenvalue weighted by molar-refractivity contribution is 0.240. The van der Waals surface area contributed by atoms with E-state index in [9.17, 15) is 5.11 Å². The number of thiophene rings is 1. The zero-order valence-electron chi connectivity index (χ0n) is 10.2. The lowest BCUT2D eigenvalue weighted by Gasteiger charge is -2.23. The Balaban J connectivity index is 1.85. The van der Waals surface area contributed by atoms with E-state index in [1.54, 1.807) is 17.6 Å². The zero-order chi connectivity index (χ0) is 12.4. The fraction of sp³-hybridized carbons (Fsp3) is 0.357. The summed E-state index contributed by atoms with van der Waals surface area (Å²) in [6, 6.07) is 7.90. The largest absolute Gasteiger partial charge is 0.506 e. The third kappa shape index (κ3) is 2.20. The summed E-state index contributed by atoms with van der Waals surface area (Å²) in [5.74, 6) is 0.358. The van der Waals surface area contributed by atoms with Gasteiger partial charge in [0.25, 0.3) is 0 Å². The maximum atomic E-state index is 10.1. The van der Waals surface area contributed by atoms with E-state index in [4.69, 9.17) is 0 Å². The lowest BCUT2D eigenvalue weighted by Crippen LogP contribution is -2.24. The molecule has 4 heteroatoms. The molecule has 0 radical (unpaired) electrons. The van der Waals surface area contributed by atoms with E-state index in [0.29, 0.717) is 5.75 Å². The molecule has 0 spiro atoms. The molecule has 1 aromatic carbocycles. The number of benzene rings is 1. The van der Waals surface area contributed by atoms with Crippen LogP contribution in [0.4, 0.5) is 0 Å². The van der Waals surface area contributed by atoms with Crippen LogP contribution in [-0.4, -0.2) is 29.4 Å². The first-order valence-electron chi connectivity index (χ1n) is 6.34. The Morgan fingerprint density at radius 2 is 1.94 bits per heavy atom. The molecule has 0 bridgehead atoms. The second-order valence-electron chi connectivity index (χ2n) is 4.57. The number of fused-ring (bicyclic) bond motifs is 1. The van der Waals surface area contributed by atoms with Gasteiger partial charge in [-0.3, -0.25) is 5.01 Å². The maximum absolute atomic E-state index is 10.1. The van der Waals surface area contributed by atoms with Crippen molar-refractivity contribution in [1.82, 2.24) is 5.01 Å². The van der Waals surface area contributed by atoms with Crippen LogP contribution in [0.25, 0.3) is 10.1 Å². The van der Waals surface area contributed by atoms with Crippen LogP contribution in [0.3, 0.4) is 0 Å². The molecule has 1 N–H and O–H groups in total. The van der Waals surface area contributed by atoms with Gasteiger partial charge < -0.3 is 5.11 Å². The monoisotopic (exact) mass is 260 g/mol. The van der Waals surface area contributed by atoms with Crippen molar-refractivity contribution >= 4 is 27.6 Å². The number of piperidine rings is 1. The average Bonchev–Trinajstić information content (AvgIpc) is 2.75. The molecule has 1 saturated heterocycles. The van der Waals surface area contributed by atoms with Crippen molar-refractivity contribution in [3.8, 4) is 5.75 Å². The standard InChI is InChI=1S/C14H16N2OS/c17-14-11-6-2-3-7-12(11)18-13(14)10-15-16-8-4-1-5-9-16/h2-3,6-7,10,17H,1,4-5,8-9H2. The average molecular weight is 260 g/mol. The Labute approximate surface area is 110 Å². The molecule has 0 amide bonds. The van der Waals surface area contributed by atoms with Crippen LogP contribution in [-0.2, 0) is 0 Å². The van der Waals surface area contributed by atoms with E-state index in [0.717, 1.165) is 28.1 Å². The SMILES string of the molecule is Oc1c(C=NN2CCCCC2)sc2ccccc12. The molecular weight excluding hydrogens is 244 g/mol. The number of nitrogens with zero attached hydrogens (tertiary/aromatic N) is 2. The molecule has 0 aliphatic carbocycles. The number of hydrogen-bond acceptors (Lipinski definition) is 4.